The Balaban J connectivity index is 1.57. The van der Waals surface area contributed by atoms with E-state index in [2.05, 4.69) is 22.8 Å². The standard InChI is InChI=1S/C23H28N2O3/c1-23(2,3)28-22(27)24-15-16-11-13-18(14-12-16)21(26)25-20-10-6-8-17-7-4-5-9-19(17)20/h4-5,7,9,11-14,20H,6,8,10,15H2,1-3H3,(H,24,27)(H,25,26). The maximum absolute atomic E-state index is 12.7. The van der Waals surface area contributed by atoms with E-state index in [1.165, 1.54) is 11.1 Å². The number of alkyl carbamates (subject to hydrolysis) is 1. The number of hydrogen-bond acceptors (Lipinski definition) is 3. The Morgan fingerprint density at radius 3 is 2.50 bits per heavy atom. The summed E-state index contributed by atoms with van der Waals surface area (Å²) in [7, 11) is 0. The van der Waals surface area contributed by atoms with Gasteiger partial charge in [-0.15, -0.1) is 0 Å². The first-order valence-electron chi connectivity index (χ1n) is 9.76. The summed E-state index contributed by atoms with van der Waals surface area (Å²) in [6.07, 6.45) is 2.66. The fourth-order valence-electron chi connectivity index (χ4n) is 3.41. The number of carbonyl (C=O) groups is 2. The molecule has 0 heterocycles. The summed E-state index contributed by atoms with van der Waals surface area (Å²) < 4.78 is 5.22. The molecule has 148 valence electrons. The Labute approximate surface area is 166 Å². The van der Waals surface area contributed by atoms with Crippen LogP contribution < -0.4 is 10.6 Å². The molecule has 1 unspecified atom stereocenters. The van der Waals surface area contributed by atoms with Crippen molar-refractivity contribution in [3.63, 3.8) is 0 Å². The van der Waals surface area contributed by atoms with Gasteiger partial charge in [-0.3, -0.25) is 4.79 Å². The molecule has 5 heteroatoms. The maximum atomic E-state index is 12.7. The molecule has 0 aliphatic heterocycles. The lowest BCUT2D eigenvalue weighted by molar-refractivity contribution is 0.0523. The van der Waals surface area contributed by atoms with Crippen LogP contribution in [-0.2, 0) is 17.7 Å². The lowest BCUT2D eigenvalue weighted by Crippen LogP contribution is -2.32. The third kappa shape index (κ3) is 5.35. The van der Waals surface area contributed by atoms with Gasteiger partial charge in [-0.25, -0.2) is 4.79 Å². The van der Waals surface area contributed by atoms with Gasteiger partial charge in [0.15, 0.2) is 0 Å². The van der Waals surface area contributed by atoms with E-state index in [1.807, 2.05) is 45.0 Å². The van der Waals surface area contributed by atoms with Crippen LogP contribution in [-0.4, -0.2) is 17.6 Å². The molecule has 0 bridgehead atoms. The van der Waals surface area contributed by atoms with Gasteiger partial charge in [0.2, 0.25) is 0 Å². The Bertz CT molecular complexity index is 838. The highest BCUT2D eigenvalue weighted by Crippen LogP contribution is 2.29. The predicted molar refractivity (Wildman–Crippen MR) is 109 cm³/mol. The Hall–Kier alpha value is -2.82. The Kier molecular flexibility index (Phi) is 6.02. The molecule has 3 rings (SSSR count). The molecule has 2 aromatic rings. The molecule has 0 spiro atoms. The number of hydrogen-bond donors (Lipinski definition) is 2. The summed E-state index contributed by atoms with van der Waals surface area (Å²) in [6, 6.07) is 15.6. The summed E-state index contributed by atoms with van der Waals surface area (Å²) in [5, 5.41) is 5.88. The highest BCUT2D eigenvalue weighted by atomic mass is 16.6. The van der Waals surface area contributed by atoms with E-state index in [0.717, 1.165) is 24.8 Å². The average molecular weight is 380 g/mol. The van der Waals surface area contributed by atoms with Gasteiger partial charge in [-0.05, 0) is 68.9 Å². The van der Waals surface area contributed by atoms with Crippen LogP contribution in [0.5, 0.6) is 0 Å². The van der Waals surface area contributed by atoms with Crippen LogP contribution in [0, 0.1) is 0 Å². The smallest absolute Gasteiger partial charge is 0.407 e. The number of carbonyl (C=O) groups excluding carboxylic acids is 2. The van der Waals surface area contributed by atoms with Gasteiger partial charge >= 0.3 is 6.09 Å². The summed E-state index contributed by atoms with van der Waals surface area (Å²) in [4.78, 5) is 24.4. The number of aryl methyl sites for hydroxylation is 1. The summed E-state index contributed by atoms with van der Waals surface area (Å²) in [5.41, 5.74) is 3.54. The van der Waals surface area contributed by atoms with E-state index in [1.54, 1.807) is 12.1 Å². The van der Waals surface area contributed by atoms with Crippen LogP contribution in [0.3, 0.4) is 0 Å². The van der Waals surface area contributed by atoms with Crippen molar-refractivity contribution in [1.29, 1.82) is 0 Å². The molecule has 0 saturated carbocycles. The topological polar surface area (TPSA) is 67.4 Å². The van der Waals surface area contributed by atoms with Gasteiger partial charge < -0.3 is 15.4 Å². The van der Waals surface area contributed by atoms with Gasteiger partial charge in [-0.2, -0.15) is 0 Å². The van der Waals surface area contributed by atoms with Crippen LogP contribution in [0.15, 0.2) is 48.5 Å². The number of nitrogens with one attached hydrogen (secondary N) is 2. The third-order valence-corrected chi connectivity index (χ3v) is 4.73. The van der Waals surface area contributed by atoms with Crippen molar-refractivity contribution in [1.82, 2.24) is 10.6 Å². The number of fused-ring (bicyclic) bond motifs is 1. The van der Waals surface area contributed by atoms with E-state index >= 15 is 0 Å². The molecular formula is C23H28N2O3. The molecule has 1 aliphatic carbocycles. The number of amides is 2. The van der Waals surface area contributed by atoms with Crippen LogP contribution in [0.1, 0.15) is 66.7 Å². The summed E-state index contributed by atoms with van der Waals surface area (Å²) in [5.74, 6) is -0.0756. The quantitative estimate of drug-likeness (QED) is 0.819. The van der Waals surface area contributed by atoms with Crippen molar-refractivity contribution < 1.29 is 14.3 Å². The second-order valence-corrected chi connectivity index (χ2v) is 8.17. The zero-order valence-electron chi connectivity index (χ0n) is 16.7. The van der Waals surface area contributed by atoms with Gasteiger partial charge in [0.25, 0.3) is 5.91 Å². The third-order valence-electron chi connectivity index (χ3n) is 4.73. The van der Waals surface area contributed by atoms with Gasteiger partial charge in [0.1, 0.15) is 5.60 Å². The first-order chi connectivity index (χ1) is 13.3. The maximum Gasteiger partial charge on any atom is 0.407 e. The molecule has 0 fully saturated rings. The van der Waals surface area contributed by atoms with Crippen molar-refractivity contribution in [2.24, 2.45) is 0 Å². The molecule has 5 nitrogen and oxygen atoms in total. The lowest BCUT2D eigenvalue weighted by Gasteiger charge is -2.26. The van der Waals surface area contributed by atoms with Crippen molar-refractivity contribution in [2.75, 3.05) is 0 Å². The molecule has 2 amide bonds. The molecule has 1 aliphatic rings. The van der Waals surface area contributed by atoms with E-state index in [9.17, 15) is 9.59 Å². The normalized spacial score (nSPS) is 16.0. The Morgan fingerprint density at radius 2 is 1.79 bits per heavy atom. The fraction of sp³-hybridized carbons (Fsp3) is 0.391. The van der Waals surface area contributed by atoms with E-state index in [0.29, 0.717) is 12.1 Å². The minimum atomic E-state index is -0.524. The van der Waals surface area contributed by atoms with Crippen molar-refractivity contribution in [2.45, 2.75) is 58.2 Å². The van der Waals surface area contributed by atoms with Gasteiger partial charge in [0.05, 0.1) is 6.04 Å². The molecule has 0 aromatic heterocycles. The van der Waals surface area contributed by atoms with Crippen LogP contribution in [0.4, 0.5) is 4.79 Å². The van der Waals surface area contributed by atoms with E-state index in [4.69, 9.17) is 4.74 Å². The summed E-state index contributed by atoms with van der Waals surface area (Å²) in [6.45, 7) is 5.83. The highest BCUT2D eigenvalue weighted by Gasteiger charge is 2.22. The Morgan fingerprint density at radius 1 is 1.07 bits per heavy atom. The number of rotatable bonds is 4. The molecule has 1 atom stereocenters. The minimum absolute atomic E-state index is 0.0611. The van der Waals surface area contributed by atoms with Gasteiger partial charge in [-0.1, -0.05) is 36.4 Å². The molecule has 0 radical (unpaired) electrons. The first-order valence-corrected chi connectivity index (χ1v) is 9.76. The molecular weight excluding hydrogens is 352 g/mol. The molecule has 0 saturated heterocycles. The predicted octanol–water partition coefficient (Wildman–Crippen LogP) is 4.52. The second kappa shape index (κ2) is 8.46. The first kappa shape index (κ1) is 19.9. The second-order valence-electron chi connectivity index (χ2n) is 8.17. The lowest BCUT2D eigenvalue weighted by atomic mass is 9.87. The highest BCUT2D eigenvalue weighted by molar-refractivity contribution is 5.94. The van der Waals surface area contributed by atoms with Crippen LogP contribution >= 0.6 is 0 Å². The van der Waals surface area contributed by atoms with Crippen molar-refractivity contribution in [3.8, 4) is 0 Å². The SMILES string of the molecule is CC(C)(C)OC(=O)NCc1ccc(C(=O)NC2CCCc3ccccc32)cc1. The molecule has 28 heavy (non-hydrogen) atoms. The zero-order valence-corrected chi connectivity index (χ0v) is 16.7. The monoisotopic (exact) mass is 380 g/mol. The summed E-state index contributed by atoms with van der Waals surface area (Å²) >= 11 is 0. The molecule has 2 aromatic carbocycles. The average Bonchev–Trinajstić information content (AvgIpc) is 2.66. The minimum Gasteiger partial charge on any atom is -0.444 e. The van der Waals surface area contributed by atoms with Gasteiger partial charge in [0, 0.05) is 12.1 Å². The van der Waals surface area contributed by atoms with Crippen molar-refractivity contribution in [3.05, 3.63) is 70.8 Å². The zero-order chi connectivity index (χ0) is 20.1. The van der Waals surface area contributed by atoms with Crippen LogP contribution in [0.2, 0.25) is 0 Å². The van der Waals surface area contributed by atoms with E-state index in [-0.39, 0.29) is 11.9 Å². The number of ether oxygens (including phenoxy) is 1. The van der Waals surface area contributed by atoms with Crippen molar-refractivity contribution >= 4 is 12.0 Å². The number of benzene rings is 2. The molecule has 2 N–H and O–H groups in total. The van der Waals surface area contributed by atoms with Crippen LogP contribution in [0.25, 0.3) is 0 Å². The van der Waals surface area contributed by atoms with E-state index < -0.39 is 11.7 Å². The fourth-order valence-corrected chi connectivity index (χ4v) is 3.41. The largest absolute Gasteiger partial charge is 0.444 e.